The molecule has 3 aromatic rings. The smallest absolute Gasteiger partial charge is 0.268 e. The zero-order valence-corrected chi connectivity index (χ0v) is 13.3. The van der Waals surface area contributed by atoms with E-state index in [-0.39, 0.29) is 11.3 Å². The SMILES string of the molecule is N#Cc1c(C(N)=O)nc2cnccc2c1Nc1cccc(Br)c1. The van der Waals surface area contributed by atoms with Gasteiger partial charge in [-0.1, -0.05) is 22.0 Å². The van der Waals surface area contributed by atoms with Gasteiger partial charge in [0.2, 0.25) is 0 Å². The Balaban J connectivity index is 2.28. The van der Waals surface area contributed by atoms with Gasteiger partial charge in [-0.25, -0.2) is 4.98 Å². The molecule has 0 bridgehead atoms. The molecule has 6 nitrogen and oxygen atoms in total. The first-order valence-electron chi connectivity index (χ1n) is 6.60. The molecule has 112 valence electrons. The van der Waals surface area contributed by atoms with Crippen LogP contribution in [-0.2, 0) is 0 Å². The number of primary amides is 1. The fourth-order valence-electron chi connectivity index (χ4n) is 2.24. The number of fused-ring (bicyclic) bond motifs is 1. The number of nitrogens with two attached hydrogens (primary N) is 1. The van der Waals surface area contributed by atoms with Gasteiger partial charge >= 0.3 is 0 Å². The van der Waals surface area contributed by atoms with Crippen LogP contribution in [0, 0.1) is 11.3 Å². The lowest BCUT2D eigenvalue weighted by Crippen LogP contribution is -2.16. The van der Waals surface area contributed by atoms with E-state index in [2.05, 4.69) is 31.2 Å². The van der Waals surface area contributed by atoms with Crippen LogP contribution >= 0.6 is 15.9 Å². The maximum absolute atomic E-state index is 11.6. The van der Waals surface area contributed by atoms with E-state index in [1.807, 2.05) is 30.3 Å². The summed E-state index contributed by atoms with van der Waals surface area (Å²) < 4.78 is 0.885. The molecule has 0 spiro atoms. The molecule has 0 radical (unpaired) electrons. The maximum atomic E-state index is 11.6. The van der Waals surface area contributed by atoms with Gasteiger partial charge in [0.25, 0.3) is 5.91 Å². The molecule has 0 aliphatic carbocycles. The lowest BCUT2D eigenvalue weighted by Gasteiger charge is -2.13. The fourth-order valence-corrected chi connectivity index (χ4v) is 2.64. The summed E-state index contributed by atoms with van der Waals surface area (Å²) in [5, 5.41) is 13.3. The molecule has 0 aliphatic heterocycles. The Morgan fingerprint density at radius 2 is 2.17 bits per heavy atom. The standard InChI is InChI=1S/C16H10BrN5O/c17-9-2-1-3-10(6-9)21-14-11-4-5-20-8-13(11)22-15(16(19)23)12(14)7-18/h1-6,8H,(H2,19,23)(H,21,22). The van der Waals surface area contributed by atoms with Crippen molar-refractivity contribution in [2.45, 2.75) is 0 Å². The van der Waals surface area contributed by atoms with Gasteiger partial charge in [-0.3, -0.25) is 9.78 Å². The number of nitriles is 1. The third kappa shape index (κ3) is 2.84. The van der Waals surface area contributed by atoms with Gasteiger partial charge in [-0.15, -0.1) is 0 Å². The summed E-state index contributed by atoms with van der Waals surface area (Å²) in [4.78, 5) is 19.8. The average molecular weight is 368 g/mol. The molecule has 0 aliphatic rings. The normalized spacial score (nSPS) is 10.3. The second kappa shape index (κ2) is 6.02. The van der Waals surface area contributed by atoms with Gasteiger partial charge < -0.3 is 11.1 Å². The maximum Gasteiger partial charge on any atom is 0.268 e. The van der Waals surface area contributed by atoms with Crippen LogP contribution in [0.2, 0.25) is 0 Å². The van der Waals surface area contributed by atoms with Crippen molar-refractivity contribution in [1.82, 2.24) is 9.97 Å². The molecule has 1 amide bonds. The van der Waals surface area contributed by atoms with E-state index in [9.17, 15) is 10.1 Å². The minimum Gasteiger partial charge on any atom is -0.364 e. The lowest BCUT2D eigenvalue weighted by molar-refractivity contribution is 0.0995. The first-order chi connectivity index (χ1) is 11.1. The van der Waals surface area contributed by atoms with Crippen LogP contribution in [0.25, 0.3) is 10.9 Å². The number of nitrogens with zero attached hydrogens (tertiary/aromatic N) is 3. The first-order valence-corrected chi connectivity index (χ1v) is 7.39. The van der Waals surface area contributed by atoms with E-state index in [0.29, 0.717) is 16.6 Å². The number of carbonyl (C=O) groups is 1. The van der Waals surface area contributed by atoms with Crippen molar-refractivity contribution in [3.05, 3.63) is 58.5 Å². The number of hydrogen-bond donors (Lipinski definition) is 2. The molecule has 2 heterocycles. The van der Waals surface area contributed by atoms with Crippen molar-refractivity contribution in [3.8, 4) is 6.07 Å². The summed E-state index contributed by atoms with van der Waals surface area (Å²) in [5.41, 5.74) is 7.11. The van der Waals surface area contributed by atoms with Gasteiger partial charge in [0, 0.05) is 21.7 Å². The van der Waals surface area contributed by atoms with Gasteiger partial charge in [-0.05, 0) is 24.3 Å². The molecule has 0 saturated carbocycles. The Morgan fingerprint density at radius 1 is 1.35 bits per heavy atom. The van der Waals surface area contributed by atoms with E-state index < -0.39 is 5.91 Å². The van der Waals surface area contributed by atoms with Crippen molar-refractivity contribution in [2.24, 2.45) is 5.73 Å². The largest absolute Gasteiger partial charge is 0.364 e. The highest BCUT2D eigenvalue weighted by atomic mass is 79.9. The Morgan fingerprint density at radius 3 is 2.87 bits per heavy atom. The summed E-state index contributed by atoms with van der Waals surface area (Å²) >= 11 is 3.40. The highest BCUT2D eigenvalue weighted by Gasteiger charge is 2.18. The summed E-state index contributed by atoms with van der Waals surface area (Å²) in [6, 6.07) is 11.2. The first kappa shape index (κ1) is 14.9. The number of rotatable bonds is 3. The highest BCUT2D eigenvalue weighted by molar-refractivity contribution is 9.10. The number of carbonyl (C=O) groups excluding carboxylic acids is 1. The number of pyridine rings is 2. The molecule has 2 aromatic heterocycles. The summed E-state index contributed by atoms with van der Waals surface area (Å²) in [5.74, 6) is -0.760. The van der Waals surface area contributed by atoms with E-state index in [1.165, 1.54) is 6.20 Å². The van der Waals surface area contributed by atoms with Gasteiger partial charge in [0.05, 0.1) is 17.4 Å². The molecule has 0 fully saturated rings. The van der Waals surface area contributed by atoms with Crippen molar-refractivity contribution in [1.29, 1.82) is 5.26 Å². The highest BCUT2D eigenvalue weighted by Crippen LogP contribution is 2.31. The predicted octanol–water partition coefficient (Wildman–Crippen LogP) is 3.11. The summed E-state index contributed by atoms with van der Waals surface area (Å²) in [6.07, 6.45) is 3.12. The Bertz CT molecular complexity index is 964. The molecule has 3 rings (SSSR count). The van der Waals surface area contributed by atoms with Crippen LogP contribution in [0.1, 0.15) is 16.1 Å². The number of anilines is 2. The van der Waals surface area contributed by atoms with Crippen molar-refractivity contribution in [2.75, 3.05) is 5.32 Å². The molecule has 7 heteroatoms. The van der Waals surface area contributed by atoms with Crippen LogP contribution in [0.5, 0.6) is 0 Å². The van der Waals surface area contributed by atoms with Crippen LogP contribution in [0.15, 0.2) is 47.2 Å². The number of aromatic nitrogens is 2. The van der Waals surface area contributed by atoms with E-state index in [0.717, 1.165) is 10.2 Å². The van der Waals surface area contributed by atoms with Crippen molar-refractivity contribution in [3.63, 3.8) is 0 Å². The Hall–Kier alpha value is -2.98. The summed E-state index contributed by atoms with van der Waals surface area (Å²) in [6.45, 7) is 0. The second-order valence-corrected chi connectivity index (χ2v) is 5.63. The van der Waals surface area contributed by atoms with E-state index in [4.69, 9.17) is 5.73 Å². The monoisotopic (exact) mass is 367 g/mol. The number of amides is 1. The molecule has 0 unspecified atom stereocenters. The third-order valence-corrected chi connectivity index (χ3v) is 3.72. The molecular weight excluding hydrogens is 358 g/mol. The van der Waals surface area contributed by atoms with Gasteiger partial charge in [0.15, 0.2) is 0 Å². The number of hydrogen-bond acceptors (Lipinski definition) is 5. The van der Waals surface area contributed by atoms with Gasteiger partial charge in [-0.2, -0.15) is 5.26 Å². The molecular formula is C16H10BrN5O. The molecule has 0 atom stereocenters. The molecule has 0 saturated heterocycles. The quantitative estimate of drug-likeness (QED) is 0.739. The average Bonchev–Trinajstić information content (AvgIpc) is 2.54. The molecule has 1 aromatic carbocycles. The van der Waals surface area contributed by atoms with Crippen LogP contribution < -0.4 is 11.1 Å². The van der Waals surface area contributed by atoms with Crippen LogP contribution in [0.3, 0.4) is 0 Å². The number of benzene rings is 1. The predicted molar refractivity (Wildman–Crippen MR) is 90.2 cm³/mol. The van der Waals surface area contributed by atoms with E-state index in [1.54, 1.807) is 12.3 Å². The zero-order valence-electron chi connectivity index (χ0n) is 11.7. The number of halogens is 1. The minimum atomic E-state index is -0.760. The van der Waals surface area contributed by atoms with Gasteiger partial charge in [0.1, 0.15) is 17.3 Å². The topological polar surface area (TPSA) is 105 Å². The van der Waals surface area contributed by atoms with Crippen LogP contribution in [-0.4, -0.2) is 15.9 Å². The fraction of sp³-hybridized carbons (Fsp3) is 0. The van der Waals surface area contributed by atoms with Crippen molar-refractivity contribution < 1.29 is 4.79 Å². The Kier molecular flexibility index (Phi) is 3.91. The Labute approximate surface area is 140 Å². The number of nitrogens with one attached hydrogen (secondary N) is 1. The summed E-state index contributed by atoms with van der Waals surface area (Å²) in [7, 11) is 0. The molecule has 3 N–H and O–H groups in total. The van der Waals surface area contributed by atoms with Crippen LogP contribution in [0.4, 0.5) is 11.4 Å². The zero-order chi connectivity index (χ0) is 16.4. The van der Waals surface area contributed by atoms with Crippen molar-refractivity contribution >= 4 is 44.1 Å². The second-order valence-electron chi connectivity index (χ2n) is 4.71. The third-order valence-electron chi connectivity index (χ3n) is 3.23. The minimum absolute atomic E-state index is 0.0782. The van der Waals surface area contributed by atoms with E-state index >= 15 is 0 Å². The molecule has 23 heavy (non-hydrogen) atoms. The lowest BCUT2D eigenvalue weighted by atomic mass is 10.1.